The van der Waals surface area contributed by atoms with E-state index in [0.717, 1.165) is 30.4 Å². The van der Waals surface area contributed by atoms with Crippen molar-refractivity contribution >= 4 is 21.7 Å². The van der Waals surface area contributed by atoms with Crippen LogP contribution in [-0.2, 0) is 0 Å². The van der Waals surface area contributed by atoms with Gasteiger partial charge in [0, 0.05) is 5.92 Å². The van der Waals surface area contributed by atoms with E-state index in [-0.39, 0.29) is 11.7 Å². The number of piperidine rings is 1. The van der Waals surface area contributed by atoms with Crippen molar-refractivity contribution in [3.63, 3.8) is 0 Å². The summed E-state index contributed by atoms with van der Waals surface area (Å²) in [6.45, 7) is 2.14. The highest BCUT2D eigenvalue weighted by atomic mass is 79.9. The van der Waals surface area contributed by atoms with Crippen LogP contribution >= 0.6 is 15.9 Å². The number of carbonyl (C=O) groups excluding carboxylic acids is 1. The second-order valence-electron chi connectivity index (χ2n) is 5.26. The number of nitrogens with one attached hydrogen (secondary N) is 1. The number of ketones is 1. The highest BCUT2D eigenvalue weighted by Crippen LogP contribution is 2.37. The van der Waals surface area contributed by atoms with Gasteiger partial charge in [-0.1, -0.05) is 0 Å². The molecule has 2 heterocycles. The Labute approximate surface area is 109 Å². The van der Waals surface area contributed by atoms with Crippen molar-refractivity contribution in [2.45, 2.75) is 19.3 Å². The van der Waals surface area contributed by atoms with Crippen LogP contribution in [0.2, 0.25) is 0 Å². The van der Waals surface area contributed by atoms with E-state index in [2.05, 4.69) is 21.2 Å². The fourth-order valence-electron chi connectivity index (χ4n) is 3.26. The lowest BCUT2D eigenvalue weighted by molar-refractivity contribution is 0.0753. The molecule has 0 amide bonds. The van der Waals surface area contributed by atoms with Crippen LogP contribution in [0.15, 0.2) is 21.2 Å². The predicted molar refractivity (Wildman–Crippen MR) is 67.9 cm³/mol. The Bertz CT molecular complexity index is 417. The van der Waals surface area contributed by atoms with Crippen LogP contribution in [-0.4, -0.2) is 18.9 Å². The molecule has 2 unspecified atom stereocenters. The topological polar surface area (TPSA) is 42.2 Å². The van der Waals surface area contributed by atoms with Gasteiger partial charge in [-0.05, 0) is 66.2 Å². The molecule has 2 bridgehead atoms. The average Bonchev–Trinajstić information content (AvgIpc) is 2.74. The van der Waals surface area contributed by atoms with Crippen LogP contribution in [0, 0.1) is 17.8 Å². The third-order valence-corrected chi connectivity index (χ3v) is 4.60. The Morgan fingerprint density at radius 3 is 2.59 bits per heavy atom. The van der Waals surface area contributed by atoms with Gasteiger partial charge in [-0.2, -0.15) is 0 Å². The summed E-state index contributed by atoms with van der Waals surface area (Å²) in [7, 11) is 0. The molecule has 0 radical (unpaired) electrons. The molecule has 1 aromatic rings. The minimum absolute atomic E-state index is 0.156. The summed E-state index contributed by atoms with van der Waals surface area (Å²) in [6.07, 6.45) is 4.88. The molecule has 92 valence electrons. The van der Waals surface area contributed by atoms with Crippen molar-refractivity contribution in [2.24, 2.45) is 17.8 Å². The Morgan fingerprint density at radius 1 is 1.29 bits per heavy atom. The smallest absolute Gasteiger partial charge is 0.202 e. The van der Waals surface area contributed by atoms with Crippen molar-refractivity contribution in [3.8, 4) is 0 Å². The standard InChI is InChI=1S/C13H16BrNO2/c14-11-1-2-17-13(11)12(16)10-4-8-3-9(5-10)7-15-6-8/h1-2,8-10,15H,3-7H2. The number of Topliss-reactive ketones (excluding diaryl/α,β-unsaturated/α-hetero) is 1. The lowest BCUT2D eigenvalue weighted by atomic mass is 9.71. The van der Waals surface area contributed by atoms with Gasteiger partial charge in [-0.15, -0.1) is 0 Å². The van der Waals surface area contributed by atoms with Crippen molar-refractivity contribution in [1.82, 2.24) is 5.32 Å². The van der Waals surface area contributed by atoms with E-state index in [4.69, 9.17) is 4.42 Å². The van der Waals surface area contributed by atoms with E-state index in [1.54, 1.807) is 12.3 Å². The zero-order chi connectivity index (χ0) is 11.8. The molecule has 2 aliphatic rings. The monoisotopic (exact) mass is 297 g/mol. The third-order valence-electron chi connectivity index (χ3n) is 3.98. The molecule has 2 atom stereocenters. The maximum Gasteiger partial charge on any atom is 0.202 e. The largest absolute Gasteiger partial charge is 0.460 e. The van der Waals surface area contributed by atoms with Gasteiger partial charge >= 0.3 is 0 Å². The second kappa shape index (κ2) is 4.58. The van der Waals surface area contributed by atoms with Gasteiger partial charge in [0.25, 0.3) is 0 Å². The van der Waals surface area contributed by atoms with Crippen LogP contribution in [0.1, 0.15) is 29.8 Å². The summed E-state index contributed by atoms with van der Waals surface area (Å²) in [5, 5.41) is 3.45. The van der Waals surface area contributed by atoms with Crippen molar-refractivity contribution in [3.05, 3.63) is 22.6 Å². The fraction of sp³-hybridized carbons (Fsp3) is 0.615. The molecule has 4 heteroatoms. The molecular formula is C13H16BrNO2. The molecule has 1 saturated heterocycles. The average molecular weight is 298 g/mol. The van der Waals surface area contributed by atoms with Crippen molar-refractivity contribution in [1.29, 1.82) is 0 Å². The van der Waals surface area contributed by atoms with Crippen molar-refractivity contribution < 1.29 is 9.21 Å². The highest BCUT2D eigenvalue weighted by molar-refractivity contribution is 9.10. The van der Waals surface area contributed by atoms with Gasteiger partial charge in [0.1, 0.15) is 0 Å². The molecule has 1 aliphatic heterocycles. The molecular weight excluding hydrogens is 282 g/mol. The molecule has 1 aliphatic carbocycles. The fourth-order valence-corrected chi connectivity index (χ4v) is 3.66. The Kier molecular flexibility index (Phi) is 3.09. The maximum atomic E-state index is 12.4. The molecule has 17 heavy (non-hydrogen) atoms. The number of fused-ring (bicyclic) bond motifs is 2. The van der Waals surface area contributed by atoms with Gasteiger partial charge in [0.2, 0.25) is 5.78 Å². The molecule has 3 nitrogen and oxygen atoms in total. The molecule has 1 N–H and O–H groups in total. The Hall–Kier alpha value is -0.610. The Balaban J connectivity index is 1.76. The lowest BCUT2D eigenvalue weighted by Gasteiger charge is -2.38. The van der Waals surface area contributed by atoms with Gasteiger partial charge < -0.3 is 9.73 Å². The number of hydrogen-bond donors (Lipinski definition) is 1. The zero-order valence-electron chi connectivity index (χ0n) is 9.62. The molecule has 1 saturated carbocycles. The van der Waals surface area contributed by atoms with E-state index in [1.807, 2.05) is 0 Å². The summed E-state index contributed by atoms with van der Waals surface area (Å²) in [6, 6.07) is 1.79. The molecule has 0 spiro atoms. The molecule has 2 fully saturated rings. The minimum Gasteiger partial charge on any atom is -0.460 e. The SMILES string of the molecule is O=C(c1occc1Br)C1CC2CNCC(C2)C1. The van der Waals surface area contributed by atoms with Gasteiger partial charge in [-0.25, -0.2) is 0 Å². The lowest BCUT2D eigenvalue weighted by Crippen LogP contribution is -2.43. The minimum atomic E-state index is 0.156. The Morgan fingerprint density at radius 2 is 2.00 bits per heavy atom. The number of carbonyl (C=O) groups is 1. The molecule has 3 rings (SSSR count). The first kappa shape index (κ1) is 11.5. The second-order valence-corrected chi connectivity index (χ2v) is 6.11. The van der Waals surface area contributed by atoms with Gasteiger partial charge in [0.05, 0.1) is 10.7 Å². The number of rotatable bonds is 2. The van der Waals surface area contributed by atoms with Gasteiger partial charge in [-0.3, -0.25) is 4.79 Å². The van der Waals surface area contributed by atoms with E-state index >= 15 is 0 Å². The summed E-state index contributed by atoms with van der Waals surface area (Å²) in [5.74, 6) is 2.18. The third kappa shape index (κ3) is 2.20. The first-order valence-corrected chi connectivity index (χ1v) is 7.01. The molecule has 1 aromatic heterocycles. The highest BCUT2D eigenvalue weighted by Gasteiger charge is 2.36. The van der Waals surface area contributed by atoms with E-state index in [0.29, 0.717) is 17.6 Å². The van der Waals surface area contributed by atoms with Crippen LogP contribution < -0.4 is 5.32 Å². The summed E-state index contributed by atoms with van der Waals surface area (Å²) in [5.41, 5.74) is 0. The first-order chi connectivity index (χ1) is 8.24. The maximum absolute atomic E-state index is 12.4. The van der Waals surface area contributed by atoms with Crippen LogP contribution in [0.3, 0.4) is 0 Å². The zero-order valence-corrected chi connectivity index (χ0v) is 11.2. The normalized spacial score (nSPS) is 32.4. The van der Waals surface area contributed by atoms with E-state index < -0.39 is 0 Å². The number of hydrogen-bond acceptors (Lipinski definition) is 3. The number of halogens is 1. The quantitative estimate of drug-likeness (QED) is 0.854. The molecule has 0 aromatic carbocycles. The predicted octanol–water partition coefficient (Wildman–Crippen LogP) is 2.86. The van der Waals surface area contributed by atoms with E-state index in [1.165, 1.54) is 6.42 Å². The summed E-state index contributed by atoms with van der Waals surface area (Å²) >= 11 is 3.37. The summed E-state index contributed by atoms with van der Waals surface area (Å²) in [4.78, 5) is 12.4. The van der Waals surface area contributed by atoms with Gasteiger partial charge in [0.15, 0.2) is 5.76 Å². The van der Waals surface area contributed by atoms with E-state index in [9.17, 15) is 4.79 Å². The van der Waals surface area contributed by atoms with Crippen molar-refractivity contribution in [2.75, 3.05) is 13.1 Å². The van der Waals surface area contributed by atoms with Crippen LogP contribution in [0.5, 0.6) is 0 Å². The van der Waals surface area contributed by atoms with Crippen LogP contribution in [0.25, 0.3) is 0 Å². The summed E-state index contributed by atoms with van der Waals surface area (Å²) < 4.78 is 6.08. The van der Waals surface area contributed by atoms with Crippen LogP contribution in [0.4, 0.5) is 0 Å². The number of furan rings is 1. The first-order valence-electron chi connectivity index (χ1n) is 6.22.